The number of nitrogens with zero attached hydrogens (tertiary/aromatic N) is 3. The number of Topliss-reactive ketones (excluding diaryl/α,β-unsaturated/α-hetero) is 1. The van der Waals surface area contributed by atoms with E-state index in [4.69, 9.17) is 29.5 Å². The smallest absolute Gasteiger partial charge is 0.261 e. The van der Waals surface area contributed by atoms with E-state index in [1.807, 2.05) is 18.2 Å². The molecule has 0 unspecified atom stereocenters. The topological polar surface area (TPSA) is 154 Å². The van der Waals surface area contributed by atoms with Gasteiger partial charge in [0.2, 0.25) is 5.95 Å². The third kappa shape index (κ3) is 6.73. The lowest BCUT2D eigenvalue weighted by Crippen LogP contribution is -2.37. The lowest BCUT2D eigenvalue weighted by molar-refractivity contribution is 0.0900. The van der Waals surface area contributed by atoms with Gasteiger partial charge in [0.1, 0.15) is 11.6 Å². The number of carbonyl (C=O) groups is 1. The maximum absolute atomic E-state index is 12.9. The first-order valence-electron chi connectivity index (χ1n) is 11.1. The van der Waals surface area contributed by atoms with Gasteiger partial charge < -0.3 is 24.8 Å². The fraction of sp³-hybridized carbons (Fsp3) is 0.375. The van der Waals surface area contributed by atoms with E-state index < -0.39 is 10.1 Å². The summed E-state index contributed by atoms with van der Waals surface area (Å²) in [6, 6.07) is 10.9. The number of piperidine rings is 1. The average Bonchev–Trinajstić information content (AvgIpc) is 2.86. The molecule has 1 fully saturated rings. The third-order valence-electron chi connectivity index (χ3n) is 5.72. The van der Waals surface area contributed by atoms with Gasteiger partial charge in [-0.05, 0) is 31.0 Å². The molecule has 4 rings (SSSR count). The van der Waals surface area contributed by atoms with Crippen LogP contribution in [0.4, 0.5) is 11.8 Å². The van der Waals surface area contributed by atoms with E-state index in [1.165, 1.54) is 0 Å². The number of hydrogen-bond donors (Lipinski definition) is 2. The molecule has 1 saturated heterocycles. The van der Waals surface area contributed by atoms with Gasteiger partial charge >= 0.3 is 0 Å². The number of methoxy groups -OCH3 is 3. The van der Waals surface area contributed by atoms with E-state index in [-0.39, 0.29) is 11.7 Å². The molecular formula is C24H30N4O7S. The van der Waals surface area contributed by atoms with E-state index >= 15 is 0 Å². The maximum atomic E-state index is 12.9. The van der Waals surface area contributed by atoms with Gasteiger partial charge in [-0.3, -0.25) is 9.35 Å². The van der Waals surface area contributed by atoms with Crippen LogP contribution in [-0.2, 0) is 10.1 Å². The van der Waals surface area contributed by atoms with E-state index in [9.17, 15) is 13.2 Å². The summed E-state index contributed by atoms with van der Waals surface area (Å²) in [7, 11) is 1.09. The lowest BCUT2D eigenvalue weighted by atomic mass is 9.89. The Hall–Kier alpha value is -3.64. The molecule has 11 nitrogen and oxygen atoms in total. The van der Waals surface area contributed by atoms with E-state index in [1.54, 1.807) is 39.5 Å². The Kier molecular flexibility index (Phi) is 8.53. The fourth-order valence-corrected chi connectivity index (χ4v) is 3.96. The molecule has 0 saturated carbocycles. The summed E-state index contributed by atoms with van der Waals surface area (Å²) in [6.45, 7) is 1.36. The van der Waals surface area contributed by atoms with Crippen LogP contribution in [0.2, 0.25) is 0 Å². The summed E-state index contributed by atoms with van der Waals surface area (Å²) in [4.78, 5) is 24.2. The summed E-state index contributed by atoms with van der Waals surface area (Å²) in [5, 5.41) is 0.712. The molecule has 2 heterocycles. The van der Waals surface area contributed by atoms with Gasteiger partial charge in [0.15, 0.2) is 17.3 Å². The van der Waals surface area contributed by atoms with Crippen molar-refractivity contribution in [1.29, 1.82) is 0 Å². The quantitative estimate of drug-likeness (QED) is 0.366. The van der Waals surface area contributed by atoms with Crippen LogP contribution in [0.15, 0.2) is 36.4 Å². The zero-order valence-corrected chi connectivity index (χ0v) is 21.4. The Labute approximate surface area is 209 Å². The number of carbonyl (C=O) groups excluding carboxylic acids is 1. The van der Waals surface area contributed by atoms with Gasteiger partial charge in [0.05, 0.1) is 33.1 Å². The molecule has 0 radical (unpaired) electrons. The first kappa shape index (κ1) is 27.0. The summed E-state index contributed by atoms with van der Waals surface area (Å²) < 4.78 is 41.8. The van der Waals surface area contributed by atoms with Gasteiger partial charge in [0, 0.05) is 36.0 Å². The van der Waals surface area contributed by atoms with Crippen molar-refractivity contribution in [1.82, 2.24) is 9.97 Å². The zero-order valence-electron chi connectivity index (χ0n) is 20.6. The monoisotopic (exact) mass is 518 g/mol. The van der Waals surface area contributed by atoms with Crippen LogP contribution in [0.3, 0.4) is 0 Å². The van der Waals surface area contributed by atoms with Crippen LogP contribution in [-0.4, -0.2) is 69.4 Å². The van der Waals surface area contributed by atoms with Crippen LogP contribution in [0, 0.1) is 5.92 Å². The van der Waals surface area contributed by atoms with Crippen molar-refractivity contribution in [2.45, 2.75) is 12.8 Å². The molecule has 0 amide bonds. The standard InChI is InChI=1S/C23H26N4O4.CH4O3S/c1-29-16-6-4-5-15(11-16)21(28)14-7-9-27(10-8-14)23-25-18-13-20(31-3)19(30-2)12-17(18)22(24)26-23;1-5(2,3)4/h4-6,11-14H,7-10H2,1-3H3,(H2,24,25,26);1H3,(H,2,3,4). The van der Waals surface area contributed by atoms with Crippen molar-refractivity contribution in [2.75, 3.05) is 51.3 Å². The second kappa shape index (κ2) is 11.4. The molecule has 12 heteroatoms. The molecular weight excluding hydrogens is 488 g/mol. The molecule has 1 aliphatic heterocycles. The Morgan fingerprint density at radius 2 is 1.64 bits per heavy atom. The number of fused-ring (bicyclic) bond motifs is 1. The van der Waals surface area contributed by atoms with Gasteiger partial charge in [-0.1, -0.05) is 12.1 Å². The first-order valence-corrected chi connectivity index (χ1v) is 12.9. The highest BCUT2D eigenvalue weighted by atomic mass is 32.2. The molecule has 0 atom stereocenters. The SMILES string of the molecule is COc1cccc(C(=O)C2CCN(c3nc(N)c4cc(OC)c(OC)cc4n3)CC2)c1.CS(=O)(=O)O. The Bertz CT molecular complexity index is 1330. The fourth-order valence-electron chi connectivity index (χ4n) is 3.96. The van der Waals surface area contributed by atoms with E-state index in [2.05, 4.69) is 9.88 Å². The summed E-state index contributed by atoms with van der Waals surface area (Å²) in [6.07, 6.45) is 2.17. The van der Waals surface area contributed by atoms with Crippen LogP contribution < -0.4 is 24.8 Å². The van der Waals surface area contributed by atoms with Crippen molar-refractivity contribution in [2.24, 2.45) is 5.92 Å². The normalized spacial score (nSPS) is 14.1. The van der Waals surface area contributed by atoms with Gasteiger partial charge in [-0.25, -0.2) is 4.98 Å². The van der Waals surface area contributed by atoms with E-state index in [0.717, 1.165) is 12.8 Å². The number of nitrogen functional groups attached to an aromatic ring is 1. The van der Waals surface area contributed by atoms with E-state index in [0.29, 0.717) is 64.8 Å². The highest BCUT2D eigenvalue weighted by Crippen LogP contribution is 2.34. The number of benzene rings is 2. The summed E-state index contributed by atoms with van der Waals surface area (Å²) in [5.41, 5.74) is 7.59. The van der Waals surface area contributed by atoms with Crippen LogP contribution in [0.1, 0.15) is 23.2 Å². The predicted molar refractivity (Wildman–Crippen MR) is 137 cm³/mol. The van der Waals surface area contributed by atoms with Crippen LogP contribution in [0.5, 0.6) is 17.2 Å². The molecule has 194 valence electrons. The third-order valence-corrected chi connectivity index (χ3v) is 5.72. The summed E-state index contributed by atoms with van der Waals surface area (Å²) in [5.74, 6) is 2.91. The van der Waals surface area contributed by atoms with Crippen molar-refractivity contribution in [3.63, 3.8) is 0 Å². The second-order valence-corrected chi connectivity index (χ2v) is 9.69. The number of aromatic nitrogens is 2. The van der Waals surface area contributed by atoms with Gasteiger partial charge in [-0.2, -0.15) is 13.4 Å². The Morgan fingerprint density at radius 3 is 2.22 bits per heavy atom. The number of hydrogen-bond acceptors (Lipinski definition) is 10. The minimum atomic E-state index is -3.67. The number of anilines is 2. The molecule has 3 N–H and O–H groups in total. The van der Waals surface area contributed by atoms with Gasteiger partial charge in [0.25, 0.3) is 10.1 Å². The molecule has 1 aromatic heterocycles. The van der Waals surface area contributed by atoms with Crippen molar-refractivity contribution < 1.29 is 32.0 Å². The minimum Gasteiger partial charge on any atom is -0.497 e. The van der Waals surface area contributed by atoms with Crippen molar-refractivity contribution in [3.05, 3.63) is 42.0 Å². The number of ketones is 1. The van der Waals surface area contributed by atoms with Crippen LogP contribution in [0.25, 0.3) is 10.9 Å². The average molecular weight is 519 g/mol. The minimum absolute atomic E-state index is 0.0366. The molecule has 2 aromatic carbocycles. The maximum Gasteiger partial charge on any atom is 0.261 e. The summed E-state index contributed by atoms with van der Waals surface area (Å²) >= 11 is 0. The zero-order chi connectivity index (χ0) is 26.5. The molecule has 0 spiro atoms. The number of nitrogens with two attached hydrogens (primary N) is 1. The lowest BCUT2D eigenvalue weighted by Gasteiger charge is -2.31. The molecule has 3 aromatic rings. The Balaban J connectivity index is 0.000000658. The first-order chi connectivity index (χ1) is 17.0. The number of ether oxygens (including phenoxy) is 3. The largest absolute Gasteiger partial charge is 0.497 e. The number of rotatable bonds is 6. The molecule has 36 heavy (non-hydrogen) atoms. The Morgan fingerprint density at radius 1 is 1.03 bits per heavy atom. The van der Waals surface area contributed by atoms with Gasteiger partial charge in [-0.15, -0.1) is 0 Å². The highest BCUT2D eigenvalue weighted by Gasteiger charge is 2.27. The van der Waals surface area contributed by atoms with Crippen LogP contribution >= 0.6 is 0 Å². The van der Waals surface area contributed by atoms with Crippen molar-refractivity contribution in [3.8, 4) is 17.2 Å². The van der Waals surface area contributed by atoms with Crippen molar-refractivity contribution >= 4 is 38.6 Å². The predicted octanol–water partition coefficient (Wildman–Crippen LogP) is 2.84. The molecule has 0 bridgehead atoms. The molecule has 1 aliphatic rings. The second-order valence-electron chi connectivity index (χ2n) is 8.22. The molecule has 0 aliphatic carbocycles. The highest BCUT2D eigenvalue weighted by molar-refractivity contribution is 7.85.